The van der Waals surface area contributed by atoms with Crippen molar-refractivity contribution in [1.29, 1.82) is 0 Å². The summed E-state index contributed by atoms with van der Waals surface area (Å²) in [7, 11) is 0. The lowest BCUT2D eigenvalue weighted by Gasteiger charge is -2.53. The Morgan fingerprint density at radius 3 is 2.80 bits per heavy atom. The van der Waals surface area contributed by atoms with Gasteiger partial charge in [-0.05, 0) is 55.5 Å². The Bertz CT molecular complexity index is 484. The van der Waals surface area contributed by atoms with Crippen molar-refractivity contribution in [2.75, 3.05) is 6.54 Å². The quantitative estimate of drug-likeness (QED) is 0.883. The molecular formula is C18H27NO. The van der Waals surface area contributed by atoms with Gasteiger partial charge in [0.05, 0.1) is 0 Å². The fraction of sp³-hybridized carbons (Fsp3) is 0.667. The molecule has 2 aliphatic rings. The summed E-state index contributed by atoms with van der Waals surface area (Å²) in [6, 6.07) is 7.32. The lowest BCUT2D eigenvalue weighted by Crippen LogP contribution is -2.63. The Labute approximate surface area is 122 Å². The fourth-order valence-electron chi connectivity index (χ4n) is 3.82. The van der Waals surface area contributed by atoms with Crippen LogP contribution in [0.25, 0.3) is 0 Å². The average molecular weight is 273 g/mol. The smallest absolute Gasteiger partial charge is 0.120 e. The molecule has 2 aliphatic carbocycles. The zero-order valence-corrected chi connectivity index (χ0v) is 13.0. The van der Waals surface area contributed by atoms with Gasteiger partial charge in [0.15, 0.2) is 0 Å². The molecule has 0 aromatic heterocycles. The van der Waals surface area contributed by atoms with Gasteiger partial charge in [-0.1, -0.05) is 26.8 Å². The maximum atomic E-state index is 6.32. The molecule has 0 bridgehead atoms. The molecule has 1 fully saturated rings. The molecule has 2 heteroatoms. The van der Waals surface area contributed by atoms with E-state index < -0.39 is 0 Å². The molecule has 0 aliphatic heterocycles. The van der Waals surface area contributed by atoms with Gasteiger partial charge in [0.1, 0.15) is 11.9 Å². The van der Waals surface area contributed by atoms with E-state index in [9.17, 15) is 0 Å². The third-order valence-corrected chi connectivity index (χ3v) is 5.54. The summed E-state index contributed by atoms with van der Waals surface area (Å²) in [5.41, 5.74) is 3.30. The molecule has 0 heterocycles. The first-order valence-electron chi connectivity index (χ1n) is 8.19. The SMILES string of the molecule is CCNC1CC(Oc2ccc3c(c2)CCC3)C1(C)CC. The summed E-state index contributed by atoms with van der Waals surface area (Å²) in [5.74, 6) is 1.07. The van der Waals surface area contributed by atoms with Gasteiger partial charge in [-0.2, -0.15) is 0 Å². The Morgan fingerprint density at radius 2 is 2.05 bits per heavy atom. The molecule has 3 rings (SSSR count). The molecule has 0 saturated heterocycles. The maximum absolute atomic E-state index is 6.32. The van der Waals surface area contributed by atoms with Crippen molar-refractivity contribution in [3.63, 3.8) is 0 Å². The number of fused-ring (bicyclic) bond motifs is 1. The van der Waals surface area contributed by atoms with Crippen molar-refractivity contribution in [3.05, 3.63) is 29.3 Å². The summed E-state index contributed by atoms with van der Waals surface area (Å²) in [4.78, 5) is 0. The lowest BCUT2D eigenvalue weighted by molar-refractivity contribution is -0.0697. The number of aryl methyl sites for hydroxylation is 2. The third-order valence-electron chi connectivity index (χ3n) is 5.54. The molecule has 20 heavy (non-hydrogen) atoms. The van der Waals surface area contributed by atoms with Crippen molar-refractivity contribution in [1.82, 2.24) is 5.32 Å². The number of rotatable bonds is 5. The lowest BCUT2D eigenvalue weighted by atomic mass is 9.61. The van der Waals surface area contributed by atoms with E-state index in [2.05, 4.69) is 44.3 Å². The topological polar surface area (TPSA) is 21.3 Å². The van der Waals surface area contributed by atoms with Gasteiger partial charge < -0.3 is 10.1 Å². The summed E-state index contributed by atoms with van der Waals surface area (Å²) >= 11 is 0. The molecule has 1 aromatic rings. The van der Waals surface area contributed by atoms with Crippen LogP contribution in [-0.4, -0.2) is 18.7 Å². The molecule has 2 nitrogen and oxygen atoms in total. The minimum Gasteiger partial charge on any atom is -0.490 e. The third kappa shape index (κ3) is 2.24. The van der Waals surface area contributed by atoms with Crippen LogP contribution < -0.4 is 10.1 Å². The Hall–Kier alpha value is -1.02. The van der Waals surface area contributed by atoms with E-state index in [1.807, 2.05) is 0 Å². The van der Waals surface area contributed by atoms with E-state index in [0.29, 0.717) is 12.1 Å². The van der Waals surface area contributed by atoms with Crippen molar-refractivity contribution < 1.29 is 4.74 Å². The second kappa shape index (κ2) is 5.40. The molecule has 1 saturated carbocycles. The summed E-state index contributed by atoms with van der Waals surface area (Å²) in [5, 5.41) is 3.60. The highest BCUT2D eigenvalue weighted by Crippen LogP contribution is 2.46. The van der Waals surface area contributed by atoms with E-state index in [-0.39, 0.29) is 5.41 Å². The van der Waals surface area contributed by atoms with Crippen molar-refractivity contribution in [2.24, 2.45) is 5.41 Å². The van der Waals surface area contributed by atoms with Crippen LogP contribution in [0.15, 0.2) is 18.2 Å². The van der Waals surface area contributed by atoms with Crippen molar-refractivity contribution in [3.8, 4) is 5.75 Å². The van der Waals surface area contributed by atoms with E-state index in [1.165, 1.54) is 36.8 Å². The van der Waals surface area contributed by atoms with Crippen LogP contribution >= 0.6 is 0 Å². The summed E-state index contributed by atoms with van der Waals surface area (Å²) in [6.45, 7) is 7.88. The molecular weight excluding hydrogens is 246 g/mol. The first kappa shape index (κ1) is 13.9. The average Bonchev–Trinajstić information content (AvgIpc) is 2.92. The second-order valence-corrected chi connectivity index (χ2v) is 6.60. The van der Waals surface area contributed by atoms with Gasteiger partial charge in [-0.3, -0.25) is 0 Å². The molecule has 1 aromatic carbocycles. The molecule has 0 spiro atoms. The Morgan fingerprint density at radius 1 is 1.25 bits per heavy atom. The Balaban J connectivity index is 1.69. The summed E-state index contributed by atoms with van der Waals surface area (Å²) in [6.07, 6.45) is 6.43. The fourth-order valence-corrected chi connectivity index (χ4v) is 3.82. The van der Waals surface area contributed by atoms with Gasteiger partial charge in [0.25, 0.3) is 0 Å². The zero-order chi connectivity index (χ0) is 14.2. The minimum atomic E-state index is 0.273. The molecule has 3 unspecified atom stereocenters. The van der Waals surface area contributed by atoms with Gasteiger partial charge in [-0.25, -0.2) is 0 Å². The predicted octanol–water partition coefficient (Wildman–Crippen LogP) is 3.72. The zero-order valence-electron chi connectivity index (χ0n) is 13.0. The van der Waals surface area contributed by atoms with Crippen LogP contribution in [0, 0.1) is 5.41 Å². The van der Waals surface area contributed by atoms with Crippen LogP contribution in [0.4, 0.5) is 0 Å². The van der Waals surface area contributed by atoms with E-state index in [1.54, 1.807) is 0 Å². The van der Waals surface area contributed by atoms with E-state index >= 15 is 0 Å². The standard InChI is InChI=1S/C18H27NO/c1-4-18(3)16(19-5-2)12-17(18)20-15-10-9-13-7-6-8-14(13)11-15/h9-11,16-17,19H,4-8,12H2,1-3H3. The van der Waals surface area contributed by atoms with E-state index in [0.717, 1.165) is 18.7 Å². The van der Waals surface area contributed by atoms with Gasteiger partial charge in [-0.15, -0.1) is 0 Å². The highest BCUT2D eigenvalue weighted by atomic mass is 16.5. The monoisotopic (exact) mass is 273 g/mol. The van der Waals surface area contributed by atoms with Crippen LogP contribution in [0.5, 0.6) is 5.75 Å². The molecule has 1 N–H and O–H groups in total. The normalized spacial score (nSPS) is 31.8. The summed E-state index contributed by atoms with van der Waals surface area (Å²) < 4.78 is 6.32. The molecule has 0 radical (unpaired) electrons. The molecule has 3 atom stereocenters. The maximum Gasteiger partial charge on any atom is 0.120 e. The van der Waals surface area contributed by atoms with Gasteiger partial charge in [0, 0.05) is 17.9 Å². The van der Waals surface area contributed by atoms with Crippen molar-refractivity contribution in [2.45, 2.75) is 65.0 Å². The highest BCUT2D eigenvalue weighted by Gasteiger charge is 2.51. The molecule has 0 amide bonds. The number of nitrogens with one attached hydrogen (secondary N) is 1. The van der Waals surface area contributed by atoms with Gasteiger partial charge in [0.2, 0.25) is 0 Å². The minimum absolute atomic E-state index is 0.273. The highest BCUT2D eigenvalue weighted by molar-refractivity contribution is 5.38. The number of ether oxygens (including phenoxy) is 1. The number of hydrogen-bond acceptors (Lipinski definition) is 2. The van der Waals surface area contributed by atoms with Crippen LogP contribution in [0.2, 0.25) is 0 Å². The van der Waals surface area contributed by atoms with E-state index in [4.69, 9.17) is 4.74 Å². The van der Waals surface area contributed by atoms with Gasteiger partial charge >= 0.3 is 0 Å². The van der Waals surface area contributed by atoms with Crippen LogP contribution in [0.1, 0.15) is 51.2 Å². The number of benzene rings is 1. The largest absolute Gasteiger partial charge is 0.490 e. The first-order valence-corrected chi connectivity index (χ1v) is 8.19. The second-order valence-electron chi connectivity index (χ2n) is 6.60. The number of hydrogen-bond donors (Lipinski definition) is 1. The van der Waals surface area contributed by atoms with Crippen LogP contribution in [0.3, 0.4) is 0 Å². The first-order chi connectivity index (χ1) is 9.67. The predicted molar refractivity (Wildman–Crippen MR) is 83.4 cm³/mol. The van der Waals surface area contributed by atoms with Crippen molar-refractivity contribution >= 4 is 0 Å². The Kier molecular flexibility index (Phi) is 3.76. The van der Waals surface area contributed by atoms with Crippen LogP contribution in [-0.2, 0) is 12.8 Å². The molecule has 110 valence electrons.